The Labute approximate surface area is 174 Å². The average molecular weight is 398 g/mol. The highest BCUT2D eigenvalue weighted by Crippen LogP contribution is 2.18. The minimum absolute atomic E-state index is 0.757. The number of aryl methyl sites for hydroxylation is 1. The summed E-state index contributed by atoms with van der Waals surface area (Å²) in [6.45, 7) is 10.3. The van der Waals surface area contributed by atoms with Gasteiger partial charge in [0.15, 0.2) is 5.96 Å². The monoisotopic (exact) mass is 397 g/mol. The molecule has 1 aromatic carbocycles. The molecular formula is C22H35N7. The van der Waals surface area contributed by atoms with Crippen molar-refractivity contribution in [3.8, 4) is 0 Å². The van der Waals surface area contributed by atoms with Gasteiger partial charge in [-0.05, 0) is 36.4 Å². The van der Waals surface area contributed by atoms with E-state index < -0.39 is 0 Å². The summed E-state index contributed by atoms with van der Waals surface area (Å²) >= 11 is 0. The molecule has 2 N–H and O–H groups in total. The largest absolute Gasteiger partial charge is 0.355 e. The van der Waals surface area contributed by atoms with Crippen molar-refractivity contribution < 1.29 is 0 Å². The predicted octanol–water partition coefficient (Wildman–Crippen LogP) is 2.44. The van der Waals surface area contributed by atoms with Gasteiger partial charge in [0.1, 0.15) is 12.2 Å². The van der Waals surface area contributed by atoms with Crippen LogP contribution < -0.4 is 10.6 Å². The highest BCUT2D eigenvalue weighted by molar-refractivity contribution is 5.79. The van der Waals surface area contributed by atoms with E-state index in [0.717, 1.165) is 50.3 Å². The van der Waals surface area contributed by atoms with Crippen LogP contribution in [0.5, 0.6) is 0 Å². The molecule has 1 aliphatic heterocycles. The number of hydrogen-bond acceptors (Lipinski definition) is 4. The van der Waals surface area contributed by atoms with Gasteiger partial charge < -0.3 is 15.2 Å². The molecule has 2 heterocycles. The lowest BCUT2D eigenvalue weighted by atomic mass is 9.99. The van der Waals surface area contributed by atoms with E-state index in [0.29, 0.717) is 0 Å². The molecule has 0 amide bonds. The summed E-state index contributed by atoms with van der Waals surface area (Å²) in [7, 11) is 1.80. The maximum atomic E-state index is 4.31. The number of aliphatic imine (C=N–C) groups is 1. The van der Waals surface area contributed by atoms with E-state index in [9.17, 15) is 0 Å². The van der Waals surface area contributed by atoms with Crippen LogP contribution in [-0.2, 0) is 26.1 Å². The normalized spacial score (nSPS) is 18.0. The summed E-state index contributed by atoms with van der Waals surface area (Å²) < 4.78 is 2.07. The lowest BCUT2D eigenvalue weighted by molar-refractivity contribution is 0.176. The van der Waals surface area contributed by atoms with Crippen LogP contribution in [0.25, 0.3) is 0 Å². The number of likely N-dealkylation sites (tertiary alicyclic amines) is 1. The molecule has 0 spiro atoms. The van der Waals surface area contributed by atoms with Gasteiger partial charge in [0, 0.05) is 46.2 Å². The highest BCUT2D eigenvalue weighted by Gasteiger charge is 2.16. The predicted molar refractivity (Wildman–Crippen MR) is 118 cm³/mol. The van der Waals surface area contributed by atoms with Crippen LogP contribution in [0.2, 0.25) is 0 Å². The minimum Gasteiger partial charge on any atom is -0.355 e. The van der Waals surface area contributed by atoms with Crippen molar-refractivity contribution in [2.45, 2.75) is 52.7 Å². The molecule has 2 aromatic rings. The van der Waals surface area contributed by atoms with Crippen LogP contribution in [0.15, 0.2) is 35.6 Å². The Morgan fingerprint density at radius 2 is 2.00 bits per heavy atom. The van der Waals surface area contributed by atoms with E-state index >= 15 is 0 Å². The second kappa shape index (κ2) is 11.0. The number of piperidine rings is 1. The average Bonchev–Trinajstić information content (AvgIpc) is 3.19. The molecule has 1 fully saturated rings. The first-order valence-corrected chi connectivity index (χ1v) is 10.8. The Balaban J connectivity index is 1.41. The van der Waals surface area contributed by atoms with Crippen molar-refractivity contribution in [3.05, 3.63) is 47.5 Å². The fraction of sp³-hybridized carbons (Fsp3) is 0.591. The van der Waals surface area contributed by atoms with Gasteiger partial charge in [-0.25, -0.2) is 0 Å². The van der Waals surface area contributed by atoms with Crippen molar-refractivity contribution in [1.29, 1.82) is 0 Å². The zero-order chi connectivity index (χ0) is 20.5. The van der Waals surface area contributed by atoms with Crippen LogP contribution in [0.4, 0.5) is 0 Å². The third kappa shape index (κ3) is 6.56. The van der Waals surface area contributed by atoms with Crippen molar-refractivity contribution in [2.24, 2.45) is 10.9 Å². The third-order valence-corrected chi connectivity index (χ3v) is 5.51. The lowest BCUT2D eigenvalue weighted by Gasteiger charge is -2.30. The highest BCUT2D eigenvalue weighted by atomic mass is 15.3. The van der Waals surface area contributed by atoms with Crippen molar-refractivity contribution in [3.63, 3.8) is 0 Å². The Hall–Kier alpha value is -2.41. The second-order valence-corrected chi connectivity index (χ2v) is 7.95. The van der Waals surface area contributed by atoms with Gasteiger partial charge in [-0.2, -0.15) is 0 Å². The van der Waals surface area contributed by atoms with Crippen LogP contribution in [-0.4, -0.2) is 52.3 Å². The molecule has 1 saturated heterocycles. The van der Waals surface area contributed by atoms with E-state index in [1.165, 1.54) is 37.1 Å². The second-order valence-electron chi connectivity index (χ2n) is 7.95. The molecule has 158 valence electrons. The number of nitrogens with one attached hydrogen (secondary N) is 2. The minimum atomic E-state index is 0.757. The Bertz CT molecular complexity index is 766. The SMILES string of the molecule is CCc1nncn1CCNC(=NC)NCc1ccc(CN2CCCC(C)C2)cc1. The van der Waals surface area contributed by atoms with Crippen molar-refractivity contribution >= 4 is 5.96 Å². The van der Waals surface area contributed by atoms with Crippen LogP contribution in [0, 0.1) is 5.92 Å². The number of guanidine groups is 1. The van der Waals surface area contributed by atoms with Gasteiger partial charge in [0.25, 0.3) is 0 Å². The van der Waals surface area contributed by atoms with Gasteiger partial charge in [-0.1, -0.05) is 38.1 Å². The first kappa shape index (κ1) is 21.3. The summed E-state index contributed by atoms with van der Waals surface area (Å²) in [6.07, 6.45) is 5.37. The summed E-state index contributed by atoms with van der Waals surface area (Å²) in [6, 6.07) is 8.94. The maximum Gasteiger partial charge on any atom is 0.191 e. The molecule has 7 nitrogen and oxygen atoms in total. The van der Waals surface area contributed by atoms with Crippen LogP contribution >= 0.6 is 0 Å². The Kier molecular flexibility index (Phi) is 8.04. The van der Waals surface area contributed by atoms with Crippen molar-refractivity contribution in [1.82, 2.24) is 30.3 Å². The summed E-state index contributed by atoms with van der Waals surface area (Å²) in [5.41, 5.74) is 2.65. The smallest absolute Gasteiger partial charge is 0.191 e. The molecule has 29 heavy (non-hydrogen) atoms. The Morgan fingerprint density at radius 1 is 1.21 bits per heavy atom. The van der Waals surface area contributed by atoms with Gasteiger partial charge >= 0.3 is 0 Å². The molecule has 1 aliphatic rings. The fourth-order valence-corrected chi connectivity index (χ4v) is 3.89. The van der Waals surface area contributed by atoms with Crippen LogP contribution in [0.3, 0.4) is 0 Å². The zero-order valence-electron chi connectivity index (χ0n) is 18.1. The summed E-state index contributed by atoms with van der Waals surface area (Å²) in [5.74, 6) is 2.64. The zero-order valence-corrected chi connectivity index (χ0v) is 18.1. The molecule has 0 bridgehead atoms. The molecule has 0 aliphatic carbocycles. The molecule has 1 atom stereocenters. The topological polar surface area (TPSA) is 70.4 Å². The van der Waals surface area contributed by atoms with Gasteiger partial charge in [0.2, 0.25) is 0 Å². The standard InChI is InChI=1S/C22H35N7/c1-4-21-27-26-17-29(21)13-11-24-22(23-3)25-14-19-7-9-20(10-8-19)16-28-12-5-6-18(2)15-28/h7-10,17-18H,4-6,11-16H2,1-3H3,(H2,23,24,25). The summed E-state index contributed by atoms with van der Waals surface area (Å²) in [4.78, 5) is 6.89. The molecule has 0 radical (unpaired) electrons. The van der Waals surface area contributed by atoms with E-state index in [4.69, 9.17) is 0 Å². The maximum absolute atomic E-state index is 4.31. The van der Waals surface area contributed by atoms with Gasteiger partial charge in [-0.3, -0.25) is 9.89 Å². The summed E-state index contributed by atoms with van der Waals surface area (Å²) in [5, 5.41) is 14.8. The van der Waals surface area contributed by atoms with E-state index in [2.05, 4.69) is 73.4 Å². The number of benzene rings is 1. The molecule has 1 aromatic heterocycles. The first-order valence-electron chi connectivity index (χ1n) is 10.8. The third-order valence-electron chi connectivity index (χ3n) is 5.51. The van der Waals surface area contributed by atoms with Gasteiger partial charge in [0.05, 0.1) is 0 Å². The van der Waals surface area contributed by atoms with E-state index in [1.807, 2.05) is 0 Å². The van der Waals surface area contributed by atoms with Gasteiger partial charge in [-0.15, -0.1) is 10.2 Å². The number of hydrogen-bond donors (Lipinski definition) is 2. The Morgan fingerprint density at radius 3 is 2.72 bits per heavy atom. The van der Waals surface area contributed by atoms with Crippen LogP contribution in [0.1, 0.15) is 43.6 Å². The molecular weight excluding hydrogens is 362 g/mol. The van der Waals surface area contributed by atoms with Crippen molar-refractivity contribution in [2.75, 3.05) is 26.7 Å². The first-order chi connectivity index (χ1) is 14.2. The van der Waals surface area contributed by atoms with E-state index in [1.54, 1.807) is 13.4 Å². The molecule has 7 heteroatoms. The lowest BCUT2D eigenvalue weighted by Crippen LogP contribution is -2.38. The molecule has 0 saturated carbocycles. The fourth-order valence-electron chi connectivity index (χ4n) is 3.89. The van der Waals surface area contributed by atoms with E-state index in [-0.39, 0.29) is 0 Å². The number of nitrogens with zero attached hydrogens (tertiary/aromatic N) is 5. The number of aromatic nitrogens is 3. The quantitative estimate of drug-likeness (QED) is 0.529. The molecule has 1 unspecified atom stereocenters. The number of rotatable bonds is 8. The molecule has 3 rings (SSSR count).